The summed E-state index contributed by atoms with van der Waals surface area (Å²) in [5.41, 5.74) is 0.271. The molecule has 0 aliphatic carbocycles. The van der Waals surface area contributed by atoms with E-state index < -0.39 is 67.0 Å². The minimum absolute atomic E-state index is 0.271. The summed E-state index contributed by atoms with van der Waals surface area (Å²) in [5.74, 6) is -4.54. The van der Waals surface area contributed by atoms with Gasteiger partial charge in [-0.25, -0.2) is 9.18 Å². The van der Waals surface area contributed by atoms with Crippen LogP contribution in [0.5, 0.6) is 0 Å². The SMILES string of the molecule is CC(=O)O[C@@H]1[C@@H](OC(C)=O)[C@H](F)O[C@H](C(=O)OCC(=O)c2ccccc2)[C@H]1OC(C)=O. The Hall–Kier alpha value is -3.34. The number of ether oxygens (including phenoxy) is 5. The second-order valence-corrected chi connectivity index (χ2v) is 6.53. The maximum atomic E-state index is 14.6. The van der Waals surface area contributed by atoms with Gasteiger partial charge in [-0.15, -0.1) is 0 Å². The number of hydrogen-bond acceptors (Lipinski definition) is 10. The van der Waals surface area contributed by atoms with E-state index in [9.17, 15) is 28.4 Å². The fraction of sp³-hybridized carbons (Fsp3) is 0.450. The fourth-order valence-corrected chi connectivity index (χ4v) is 2.88. The van der Waals surface area contributed by atoms with Gasteiger partial charge in [0.15, 0.2) is 36.8 Å². The highest BCUT2D eigenvalue weighted by Crippen LogP contribution is 2.30. The first-order valence-corrected chi connectivity index (χ1v) is 9.16. The molecule has 10 nitrogen and oxygen atoms in total. The number of alkyl halides is 1. The van der Waals surface area contributed by atoms with Crippen LogP contribution in [-0.2, 0) is 42.9 Å². The lowest BCUT2D eigenvalue weighted by atomic mass is 9.98. The zero-order valence-electron chi connectivity index (χ0n) is 16.9. The highest BCUT2D eigenvalue weighted by atomic mass is 19.1. The average molecular weight is 440 g/mol. The molecule has 31 heavy (non-hydrogen) atoms. The first kappa shape index (κ1) is 23.9. The molecule has 0 radical (unpaired) electrons. The van der Waals surface area contributed by atoms with Crippen molar-refractivity contribution in [1.29, 1.82) is 0 Å². The van der Waals surface area contributed by atoms with Gasteiger partial charge in [0, 0.05) is 26.3 Å². The fourth-order valence-electron chi connectivity index (χ4n) is 2.88. The van der Waals surface area contributed by atoms with Gasteiger partial charge in [-0.05, 0) is 0 Å². The van der Waals surface area contributed by atoms with Crippen LogP contribution in [0.4, 0.5) is 4.39 Å². The number of rotatable bonds is 7. The molecule has 0 N–H and O–H groups in total. The van der Waals surface area contributed by atoms with Crippen LogP contribution in [-0.4, -0.2) is 67.0 Å². The maximum absolute atomic E-state index is 14.6. The maximum Gasteiger partial charge on any atom is 0.339 e. The van der Waals surface area contributed by atoms with Crippen molar-refractivity contribution in [1.82, 2.24) is 0 Å². The Labute approximate surface area is 176 Å². The van der Waals surface area contributed by atoms with Crippen molar-refractivity contribution < 1.29 is 52.0 Å². The molecule has 2 rings (SSSR count). The molecular weight excluding hydrogens is 419 g/mol. The van der Waals surface area contributed by atoms with Gasteiger partial charge in [-0.3, -0.25) is 19.2 Å². The Morgan fingerprint density at radius 1 is 0.839 bits per heavy atom. The Kier molecular flexibility index (Phi) is 8.20. The quantitative estimate of drug-likeness (QED) is 0.342. The predicted octanol–water partition coefficient (Wildman–Crippen LogP) is 0.902. The largest absolute Gasteiger partial charge is 0.455 e. The molecule has 0 saturated carbocycles. The molecule has 0 amide bonds. The van der Waals surface area contributed by atoms with Crippen molar-refractivity contribution in [2.45, 2.75) is 51.5 Å². The standard InChI is InChI=1S/C20H21FO10/c1-10(22)28-15-16(29-11(2)23)18(31-19(21)17(15)30-12(3)24)20(26)27-9-14(25)13-7-5-4-6-8-13/h4-8,15-19H,9H2,1-3H3/t15-,16-,17+,18-,19+/m0/s1. The molecule has 0 bridgehead atoms. The average Bonchev–Trinajstić information content (AvgIpc) is 2.70. The number of benzene rings is 1. The van der Waals surface area contributed by atoms with Crippen LogP contribution >= 0.6 is 0 Å². The second-order valence-electron chi connectivity index (χ2n) is 6.53. The molecule has 1 aliphatic heterocycles. The Bertz CT molecular complexity index is 840. The summed E-state index contributed by atoms with van der Waals surface area (Å²) in [6.07, 6.45) is -9.50. The number of halogens is 1. The zero-order chi connectivity index (χ0) is 23.1. The second kappa shape index (κ2) is 10.6. The minimum atomic E-state index is -2.41. The van der Waals surface area contributed by atoms with Crippen molar-refractivity contribution in [3.8, 4) is 0 Å². The molecule has 0 spiro atoms. The molecular formula is C20H21FO10. The molecule has 0 aromatic heterocycles. The molecule has 11 heteroatoms. The van der Waals surface area contributed by atoms with Crippen LogP contribution in [0.3, 0.4) is 0 Å². The number of esters is 4. The van der Waals surface area contributed by atoms with Gasteiger partial charge in [-0.2, -0.15) is 0 Å². The number of Topliss-reactive ketones (excluding diaryl/α,β-unsaturated/α-hetero) is 1. The summed E-state index contributed by atoms with van der Waals surface area (Å²) >= 11 is 0. The van der Waals surface area contributed by atoms with E-state index in [1.807, 2.05) is 0 Å². The van der Waals surface area contributed by atoms with Gasteiger partial charge in [0.25, 0.3) is 0 Å². The summed E-state index contributed by atoms with van der Waals surface area (Å²) in [6.45, 7) is 2.27. The number of carbonyl (C=O) groups excluding carboxylic acids is 5. The third kappa shape index (κ3) is 6.57. The molecule has 5 atom stereocenters. The molecule has 1 aromatic carbocycles. The summed E-state index contributed by atoms with van der Waals surface area (Å²) in [6, 6.07) is 7.93. The number of hydrogen-bond donors (Lipinski definition) is 0. The van der Waals surface area contributed by atoms with Gasteiger partial charge in [-0.1, -0.05) is 30.3 Å². The molecule has 168 valence electrons. The van der Waals surface area contributed by atoms with Crippen LogP contribution in [0.25, 0.3) is 0 Å². The predicted molar refractivity (Wildman–Crippen MR) is 98.2 cm³/mol. The first-order valence-electron chi connectivity index (χ1n) is 9.16. The van der Waals surface area contributed by atoms with Crippen molar-refractivity contribution >= 4 is 29.7 Å². The topological polar surface area (TPSA) is 132 Å². The van der Waals surface area contributed by atoms with E-state index in [2.05, 4.69) is 0 Å². The van der Waals surface area contributed by atoms with Gasteiger partial charge in [0.05, 0.1) is 0 Å². The van der Waals surface area contributed by atoms with Crippen molar-refractivity contribution in [2.75, 3.05) is 6.61 Å². The molecule has 1 aromatic rings. The smallest absolute Gasteiger partial charge is 0.339 e. The lowest BCUT2D eigenvalue weighted by Gasteiger charge is -2.40. The monoisotopic (exact) mass is 440 g/mol. The van der Waals surface area contributed by atoms with Crippen LogP contribution in [0.15, 0.2) is 30.3 Å². The Morgan fingerprint density at radius 2 is 1.35 bits per heavy atom. The van der Waals surface area contributed by atoms with E-state index in [0.717, 1.165) is 20.8 Å². The lowest BCUT2D eigenvalue weighted by molar-refractivity contribution is -0.271. The van der Waals surface area contributed by atoms with E-state index >= 15 is 0 Å². The van der Waals surface area contributed by atoms with Gasteiger partial charge in [0.2, 0.25) is 6.36 Å². The van der Waals surface area contributed by atoms with Crippen molar-refractivity contribution in [3.63, 3.8) is 0 Å². The molecule has 1 fully saturated rings. The Morgan fingerprint density at radius 3 is 1.90 bits per heavy atom. The van der Waals surface area contributed by atoms with Crippen LogP contribution in [0.1, 0.15) is 31.1 Å². The normalized spacial score (nSPS) is 25.1. The lowest BCUT2D eigenvalue weighted by Crippen LogP contribution is -2.62. The minimum Gasteiger partial charge on any atom is -0.455 e. The molecule has 1 saturated heterocycles. The van der Waals surface area contributed by atoms with Crippen molar-refractivity contribution in [3.05, 3.63) is 35.9 Å². The van der Waals surface area contributed by atoms with Gasteiger partial charge >= 0.3 is 23.9 Å². The van der Waals surface area contributed by atoms with E-state index in [-0.39, 0.29) is 5.56 Å². The number of carbonyl (C=O) groups is 5. The highest BCUT2D eigenvalue weighted by molar-refractivity contribution is 5.98. The van der Waals surface area contributed by atoms with Crippen LogP contribution in [0, 0.1) is 0 Å². The van der Waals surface area contributed by atoms with E-state index in [1.54, 1.807) is 18.2 Å². The summed E-state index contributed by atoms with van der Waals surface area (Å²) < 4.78 is 39.2. The van der Waals surface area contributed by atoms with Gasteiger partial charge in [0.1, 0.15) is 0 Å². The highest BCUT2D eigenvalue weighted by Gasteiger charge is 2.55. The van der Waals surface area contributed by atoms with E-state index in [1.165, 1.54) is 12.1 Å². The summed E-state index contributed by atoms with van der Waals surface area (Å²) in [5, 5.41) is 0. The third-order valence-electron chi connectivity index (χ3n) is 4.06. The number of ketones is 1. The summed E-state index contributed by atoms with van der Waals surface area (Å²) in [4.78, 5) is 59.0. The molecule has 1 heterocycles. The molecule has 0 unspecified atom stereocenters. The van der Waals surface area contributed by atoms with Crippen LogP contribution in [0.2, 0.25) is 0 Å². The first-order chi connectivity index (χ1) is 14.6. The molecule has 1 aliphatic rings. The van der Waals surface area contributed by atoms with Gasteiger partial charge < -0.3 is 23.7 Å². The summed E-state index contributed by atoms with van der Waals surface area (Å²) in [7, 11) is 0. The third-order valence-corrected chi connectivity index (χ3v) is 4.06. The van der Waals surface area contributed by atoms with E-state index in [0.29, 0.717) is 0 Å². The van der Waals surface area contributed by atoms with Crippen LogP contribution < -0.4 is 0 Å². The van der Waals surface area contributed by atoms with E-state index in [4.69, 9.17) is 23.7 Å². The Balaban J connectivity index is 2.23. The zero-order valence-corrected chi connectivity index (χ0v) is 16.9. The van der Waals surface area contributed by atoms with Crippen molar-refractivity contribution in [2.24, 2.45) is 0 Å².